The highest BCUT2D eigenvalue weighted by molar-refractivity contribution is 5.96. The van der Waals surface area contributed by atoms with Crippen molar-refractivity contribution in [2.24, 2.45) is 5.92 Å². The molecule has 2 unspecified atom stereocenters. The number of carbonyl (C=O) groups excluding carboxylic acids is 2. The average molecular weight is 334 g/mol. The summed E-state index contributed by atoms with van der Waals surface area (Å²) < 4.78 is 5.11. The second-order valence-corrected chi connectivity index (χ2v) is 6.85. The van der Waals surface area contributed by atoms with Gasteiger partial charge >= 0.3 is 0 Å². The van der Waals surface area contributed by atoms with Gasteiger partial charge in [0.15, 0.2) is 0 Å². The van der Waals surface area contributed by atoms with Crippen molar-refractivity contribution >= 4 is 11.8 Å². The van der Waals surface area contributed by atoms with Crippen LogP contribution in [0.15, 0.2) is 4.52 Å². The molecule has 7 nitrogen and oxygen atoms in total. The van der Waals surface area contributed by atoms with Crippen LogP contribution in [0.5, 0.6) is 0 Å². The highest BCUT2D eigenvalue weighted by Crippen LogP contribution is 2.21. The Kier molecular flexibility index (Phi) is 5.18. The molecular formula is C17H26N4O3. The van der Waals surface area contributed by atoms with Gasteiger partial charge in [0.1, 0.15) is 11.3 Å². The first kappa shape index (κ1) is 17.0. The lowest BCUT2D eigenvalue weighted by Gasteiger charge is -2.33. The monoisotopic (exact) mass is 334 g/mol. The molecule has 2 saturated heterocycles. The molecule has 7 heteroatoms. The first-order valence-corrected chi connectivity index (χ1v) is 8.79. The number of carbonyl (C=O) groups is 2. The summed E-state index contributed by atoms with van der Waals surface area (Å²) in [4.78, 5) is 26.7. The molecule has 2 aliphatic rings. The van der Waals surface area contributed by atoms with Crippen molar-refractivity contribution in [1.29, 1.82) is 0 Å². The minimum Gasteiger partial charge on any atom is -0.361 e. The molecule has 0 aromatic carbocycles. The van der Waals surface area contributed by atoms with Crippen molar-refractivity contribution in [3.05, 3.63) is 17.0 Å². The molecule has 2 atom stereocenters. The van der Waals surface area contributed by atoms with E-state index in [2.05, 4.69) is 15.8 Å². The summed E-state index contributed by atoms with van der Waals surface area (Å²) in [5, 5.41) is 10.1. The zero-order valence-electron chi connectivity index (χ0n) is 14.4. The molecule has 3 heterocycles. The Bertz CT molecular complexity index is 587. The quantitative estimate of drug-likeness (QED) is 0.858. The van der Waals surface area contributed by atoms with E-state index in [4.69, 9.17) is 4.52 Å². The standard InChI is InChI=1S/C17H26N4O3/c1-11-15(12(2)24-20-11)17(23)21-8-4-5-13(10-21)9-19-16(22)14-6-3-7-18-14/h13-14,18H,3-10H2,1-2H3,(H,19,22). The lowest BCUT2D eigenvalue weighted by atomic mass is 9.97. The van der Waals surface area contributed by atoms with Gasteiger partial charge in [0.2, 0.25) is 5.91 Å². The van der Waals surface area contributed by atoms with Gasteiger partial charge in [0, 0.05) is 19.6 Å². The molecule has 132 valence electrons. The van der Waals surface area contributed by atoms with Gasteiger partial charge in [-0.2, -0.15) is 0 Å². The summed E-state index contributed by atoms with van der Waals surface area (Å²) in [5.41, 5.74) is 1.22. The van der Waals surface area contributed by atoms with Crippen LogP contribution in [-0.4, -0.2) is 54.1 Å². The van der Waals surface area contributed by atoms with Crippen molar-refractivity contribution < 1.29 is 14.1 Å². The first-order valence-electron chi connectivity index (χ1n) is 8.79. The number of hydrogen-bond donors (Lipinski definition) is 2. The summed E-state index contributed by atoms with van der Waals surface area (Å²) in [6.45, 7) is 6.52. The van der Waals surface area contributed by atoms with Gasteiger partial charge in [-0.05, 0) is 52.0 Å². The zero-order chi connectivity index (χ0) is 17.1. The fraction of sp³-hybridized carbons (Fsp3) is 0.706. The van der Waals surface area contributed by atoms with Crippen molar-refractivity contribution in [3.8, 4) is 0 Å². The molecule has 24 heavy (non-hydrogen) atoms. The zero-order valence-corrected chi connectivity index (χ0v) is 14.4. The topological polar surface area (TPSA) is 87.5 Å². The number of aryl methyl sites for hydroxylation is 2. The maximum Gasteiger partial charge on any atom is 0.259 e. The summed E-state index contributed by atoms with van der Waals surface area (Å²) in [6, 6.07) is -0.0476. The number of nitrogens with zero attached hydrogens (tertiary/aromatic N) is 2. The molecule has 0 saturated carbocycles. The van der Waals surface area contributed by atoms with Crippen LogP contribution in [0.4, 0.5) is 0 Å². The number of hydrogen-bond acceptors (Lipinski definition) is 5. The van der Waals surface area contributed by atoms with E-state index in [0.29, 0.717) is 36.0 Å². The van der Waals surface area contributed by atoms with Crippen LogP contribution in [0.1, 0.15) is 47.5 Å². The van der Waals surface area contributed by atoms with E-state index in [1.807, 2.05) is 4.90 Å². The smallest absolute Gasteiger partial charge is 0.259 e. The molecule has 1 aromatic heterocycles. The molecule has 0 aliphatic carbocycles. The van der Waals surface area contributed by atoms with Gasteiger partial charge in [0.25, 0.3) is 5.91 Å². The number of aromatic nitrogens is 1. The van der Waals surface area contributed by atoms with Crippen LogP contribution in [0.25, 0.3) is 0 Å². The van der Waals surface area contributed by atoms with E-state index in [-0.39, 0.29) is 17.9 Å². The number of piperidine rings is 1. The molecule has 2 N–H and O–H groups in total. The van der Waals surface area contributed by atoms with Crippen LogP contribution in [-0.2, 0) is 4.79 Å². The van der Waals surface area contributed by atoms with E-state index in [9.17, 15) is 9.59 Å². The minimum absolute atomic E-state index is 0.0141. The van der Waals surface area contributed by atoms with Crippen LogP contribution in [0.2, 0.25) is 0 Å². The summed E-state index contributed by atoms with van der Waals surface area (Å²) >= 11 is 0. The Balaban J connectivity index is 1.54. The largest absolute Gasteiger partial charge is 0.361 e. The lowest BCUT2D eigenvalue weighted by Crippen LogP contribution is -2.46. The van der Waals surface area contributed by atoms with E-state index in [1.54, 1.807) is 13.8 Å². The molecule has 1 aromatic rings. The van der Waals surface area contributed by atoms with Gasteiger partial charge in [-0.1, -0.05) is 5.16 Å². The molecule has 2 fully saturated rings. The average Bonchev–Trinajstić information content (AvgIpc) is 3.23. The second-order valence-electron chi connectivity index (χ2n) is 6.85. The normalized spacial score (nSPS) is 24.2. The Morgan fingerprint density at radius 2 is 2.17 bits per heavy atom. The molecule has 0 radical (unpaired) electrons. The van der Waals surface area contributed by atoms with Gasteiger partial charge in [-0.15, -0.1) is 0 Å². The molecule has 2 aliphatic heterocycles. The Morgan fingerprint density at radius 3 is 2.83 bits per heavy atom. The fourth-order valence-corrected chi connectivity index (χ4v) is 3.64. The third kappa shape index (κ3) is 3.61. The van der Waals surface area contributed by atoms with Gasteiger partial charge in [-0.3, -0.25) is 9.59 Å². The third-order valence-corrected chi connectivity index (χ3v) is 5.00. The highest BCUT2D eigenvalue weighted by Gasteiger charge is 2.29. The maximum absolute atomic E-state index is 12.7. The summed E-state index contributed by atoms with van der Waals surface area (Å²) in [7, 11) is 0. The van der Waals surface area contributed by atoms with Crippen molar-refractivity contribution in [1.82, 2.24) is 20.7 Å². The van der Waals surface area contributed by atoms with E-state index < -0.39 is 0 Å². The fourth-order valence-electron chi connectivity index (χ4n) is 3.64. The third-order valence-electron chi connectivity index (χ3n) is 5.00. The highest BCUT2D eigenvalue weighted by atomic mass is 16.5. The van der Waals surface area contributed by atoms with Crippen molar-refractivity contribution in [3.63, 3.8) is 0 Å². The number of amides is 2. The second kappa shape index (κ2) is 7.34. The van der Waals surface area contributed by atoms with Crippen molar-refractivity contribution in [2.45, 2.75) is 45.6 Å². The van der Waals surface area contributed by atoms with Crippen LogP contribution in [0, 0.1) is 19.8 Å². The summed E-state index contributed by atoms with van der Waals surface area (Å²) in [6.07, 6.45) is 3.95. The molecule has 0 bridgehead atoms. The SMILES string of the molecule is Cc1noc(C)c1C(=O)N1CCCC(CNC(=O)C2CCCN2)C1. The number of likely N-dealkylation sites (tertiary alicyclic amines) is 1. The van der Waals surface area contributed by atoms with E-state index >= 15 is 0 Å². The van der Waals surface area contributed by atoms with E-state index in [1.165, 1.54) is 0 Å². The van der Waals surface area contributed by atoms with Crippen molar-refractivity contribution in [2.75, 3.05) is 26.2 Å². The lowest BCUT2D eigenvalue weighted by molar-refractivity contribution is -0.123. The molecule has 3 rings (SSSR count). The van der Waals surface area contributed by atoms with E-state index in [0.717, 1.165) is 38.8 Å². The maximum atomic E-state index is 12.7. The van der Waals surface area contributed by atoms with Gasteiger partial charge in [-0.25, -0.2) is 0 Å². The predicted molar refractivity (Wildman–Crippen MR) is 88.6 cm³/mol. The Labute approximate surface area is 142 Å². The predicted octanol–water partition coefficient (Wildman–Crippen LogP) is 1.01. The molecule has 0 spiro atoms. The molecule has 2 amide bonds. The Morgan fingerprint density at radius 1 is 1.33 bits per heavy atom. The number of nitrogens with one attached hydrogen (secondary N) is 2. The van der Waals surface area contributed by atoms with Gasteiger partial charge < -0.3 is 20.1 Å². The number of rotatable bonds is 4. The summed E-state index contributed by atoms with van der Waals surface area (Å²) in [5.74, 6) is 0.940. The van der Waals surface area contributed by atoms with Crippen LogP contribution < -0.4 is 10.6 Å². The molecular weight excluding hydrogens is 308 g/mol. The first-order chi connectivity index (χ1) is 11.6. The van der Waals surface area contributed by atoms with Gasteiger partial charge in [0.05, 0.1) is 11.7 Å². The minimum atomic E-state index is -0.0476. The van der Waals surface area contributed by atoms with Crippen LogP contribution >= 0.6 is 0 Å². The van der Waals surface area contributed by atoms with Crippen LogP contribution in [0.3, 0.4) is 0 Å². The Hall–Kier alpha value is -1.89.